The molecule has 3 aromatic rings. The van der Waals surface area contributed by atoms with Crippen molar-refractivity contribution in [2.75, 3.05) is 11.9 Å². The Labute approximate surface area is 181 Å². The Morgan fingerprint density at radius 1 is 1.00 bits per heavy atom. The van der Waals surface area contributed by atoms with Crippen LogP contribution in [0.25, 0.3) is 0 Å². The van der Waals surface area contributed by atoms with Crippen LogP contribution in [0.2, 0.25) is 0 Å². The van der Waals surface area contributed by atoms with E-state index in [0.717, 1.165) is 5.56 Å². The number of nitrogens with one attached hydrogen (secondary N) is 2. The molecule has 4 N–H and O–H groups in total. The summed E-state index contributed by atoms with van der Waals surface area (Å²) in [5.74, 6) is 0.216. The maximum Gasteiger partial charge on any atom is 0.261 e. The van der Waals surface area contributed by atoms with Gasteiger partial charge in [0.2, 0.25) is 0 Å². The summed E-state index contributed by atoms with van der Waals surface area (Å²) in [7, 11) is 0. The Morgan fingerprint density at radius 3 is 2.32 bits per heavy atom. The Hall–Kier alpha value is -3.71. The molecule has 0 bridgehead atoms. The van der Waals surface area contributed by atoms with Gasteiger partial charge in [0.05, 0.1) is 0 Å². The highest BCUT2D eigenvalue weighted by Crippen LogP contribution is 2.15. The van der Waals surface area contributed by atoms with Gasteiger partial charge in [-0.05, 0) is 48.4 Å². The van der Waals surface area contributed by atoms with Gasteiger partial charge in [0, 0.05) is 36.2 Å². The summed E-state index contributed by atoms with van der Waals surface area (Å²) >= 11 is 0. The summed E-state index contributed by atoms with van der Waals surface area (Å²) in [5.41, 5.74) is 8.23. The molecular weight excluding hydrogens is 392 g/mol. The Bertz CT molecular complexity index is 979. The molecule has 0 aliphatic rings. The lowest BCUT2D eigenvalue weighted by Crippen LogP contribution is -2.41. The number of nitrogens with zero attached hydrogens (tertiary/aromatic N) is 1. The summed E-state index contributed by atoms with van der Waals surface area (Å²) in [4.78, 5) is 28.7. The van der Waals surface area contributed by atoms with Crippen LogP contribution in [-0.4, -0.2) is 29.4 Å². The number of hydrogen-bond acceptors (Lipinski definition) is 5. The maximum atomic E-state index is 12.5. The van der Waals surface area contributed by atoms with Crippen molar-refractivity contribution < 1.29 is 14.3 Å². The van der Waals surface area contributed by atoms with Gasteiger partial charge in [0.1, 0.15) is 5.75 Å². The van der Waals surface area contributed by atoms with Crippen LogP contribution in [0.4, 0.5) is 5.69 Å². The Kier molecular flexibility index (Phi) is 7.73. The molecule has 7 heteroatoms. The van der Waals surface area contributed by atoms with E-state index in [1.807, 2.05) is 37.3 Å². The predicted octanol–water partition coefficient (Wildman–Crippen LogP) is 3.31. The van der Waals surface area contributed by atoms with Gasteiger partial charge in [-0.25, -0.2) is 0 Å². The van der Waals surface area contributed by atoms with Crippen LogP contribution in [0, 0.1) is 0 Å². The number of carbonyl (C=O) groups excluding carboxylic acids is 2. The quantitative estimate of drug-likeness (QED) is 0.494. The molecule has 0 saturated carbocycles. The zero-order valence-electron chi connectivity index (χ0n) is 17.3. The number of aromatic nitrogens is 1. The number of nitrogens with two attached hydrogens (primary N) is 1. The second kappa shape index (κ2) is 10.9. The number of ether oxygens (including phenoxy) is 1. The lowest BCUT2D eigenvalue weighted by Gasteiger charge is -2.19. The minimum atomic E-state index is -0.589. The fourth-order valence-electron chi connectivity index (χ4n) is 2.95. The first-order valence-electron chi connectivity index (χ1n) is 10.1. The van der Waals surface area contributed by atoms with Crippen LogP contribution in [0.5, 0.6) is 5.75 Å². The van der Waals surface area contributed by atoms with E-state index in [1.54, 1.807) is 48.8 Å². The van der Waals surface area contributed by atoms with Crippen LogP contribution >= 0.6 is 0 Å². The van der Waals surface area contributed by atoms with Crippen molar-refractivity contribution in [1.29, 1.82) is 0 Å². The van der Waals surface area contributed by atoms with E-state index in [0.29, 0.717) is 23.4 Å². The molecule has 0 radical (unpaired) electrons. The van der Waals surface area contributed by atoms with Crippen LogP contribution in [0.1, 0.15) is 35.3 Å². The third kappa shape index (κ3) is 6.38. The van der Waals surface area contributed by atoms with E-state index in [1.165, 1.54) is 0 Å². The van der Waals surface area contributed by atoms with E-state index in [2.05, 4.69) is 15.6 Å². The topological polar surface area (TPSA) is 106 Å². The number of para-hydroxylation sites is 1. The standard InChI is InChI=1S/C24H26N4O3/c1-2-22(31-20-6-4-3-5-7-20)24(30)27-16-21(25)17-8-10-18(11-9-17)23(29)28-19-12-14-26-15-13-19/h3-15,21-22H,2,16,25H2,1H3,(H,27,30)(H,26,28,29). The molecular formula is C24H26N4O3. The summed E-state index contributed by atoms with van der Waals surface area (Å²) in [5, 5.41) is 5.65. The highest BCUT2D eigenvalue weighted by atomic mass is 16.5. The van der Waals surface area contributed by atoms with Gasteiger partial charge < -0.3 is 21.1 Å². The number of rotatable bonds is 9. The Balaban J connectivity index is 1.52. The largest absolute Gasteiger partial charge is 0.481 e. The first-order chi connectivity index (χ1) is 15.1. The molecule has 0 fully saturated rings. The second-order valence-electron chi connectivity index (χ2n) is 6.99. The van der Waals surface area contributed by atoms with Crippen molar-refractivity contribution in [2.24, 2.45) is 5.73 Å². The fraction of sp³-hybridized carbons (Fsp3) is 0.208. The van der Waals surface area contributed by atoms with Crippen LogP contribution in [-0.2, 0) is 4.79 Å². The number of carbonyl (C=O) groups is 2. The zero-order chi connectivity index (χ0) is 22.1. The van der Waals surface area contributed by atoms with Crippen LogP contribution < -0.4 is 21.1 Å². The SMILES string of the molecule is CCC(Oc1ccccc1)C(=O)NCC(N)c1ccc(C(=O)Nc2ccncc2)cc1. The molecule has 1 aromatic heterocycles. The van der Waals surface area contributed by atoms with Crippen molar-refractivity contribution in [3.8, 4) is 5.75 Å². The van der Waals surface area contributed by atoms with Crippen molar-refractivity contribution in [3.05, 3.63) is 90.3 Å². The van der Waals surface area contributed by atoms with E-state index in [4.69, 9.17) is 10.5 Å². The second-order valence-corrected chi connectivity index (χ2v) is 6.99. The molecule has 2 amide bonds. The van der Waals surface area contributed by atoms with Gasteiger partial charge in [-0.2, -0.15) is 0 Å². The molecule has 2 aromatic carbocycles. The van der Waals surface area contributed by atoms with Crippen molar-refractivity contribution in [3.63, 3.8) is 0 Å². The number of pyridine rings is 1. The fourth-order valence-corrected chi connectivity index (χ4v) is 2.95. The molecule has 2 atom stereocenters. The Morgan fingerprint density at radius 2 is 1.68 bits per heavy atom. The third-order valence-electron chi connectivity index (χ3n) is 4.72. The predicted molar refractivity (Wildman–Crippen MR) is 120 cm³/mol. The lowest BCUT2D eigenvalue weighted by atomic mass is 10.0. The van der Waals surface area contributed by atoms with Crippen molar-refractivity contribution in [2.45, 2.75) is 25.5 Å². The van der Waals surface area contributed by atoms with E-state index in [9.17, 15) is 9.59 Å². The average Bonchev–Trinajstić information content (AvgIpc) is 2.82. The number of anilines is 1. The summed E-state index contributed by atoms with van der Waals surface area (Å²) in [6.07, 6.45) is 3.17. The first kappa shape index (κ1) is 22.0. The molecule has 3 rings (SSSR count). The van der Waals surface area contributed by atoms with Crippen molar-refractivity contribution >= 4 is 17.5 Å². The highest BCUT2D eigenvalue weighted by Gasteiger charge is 2.19. The summed E-state index contributed by atoms with van der Waals surface area (Å²) in [6, 6.07) is 19.3. The van der Waals surface area contributed by atoms with Crippen LogP contribution in [0.3, 0.4) is 0 Å². The molecule has 31 heavy (non-hydrogen) atoms. The molecule has 0 spiro atoms. The van der Waals surface area contributed by atoms with E-state index in [-0.39, 0.29) is 18.4 Å². The number of amides is 2. The number of hydrogen-bond donors (Lipinski definition) is 3. The van der Waals surface area contributed by atoms with Gasteiger partial charge in [-0.15, -0.1) is 0 Å². The monoisotopic (exact) mass is 418 g/mol. The van der Waals surface area contributed by atoms with Gasteiger partial charge in [0.25, 0.3) is 11.8 Å². The minimum Gasteiger partial charge on any atom is -0.481 e. The molecule has 0 aliphatic heterocycles. The minimum absolute atomic E-state index is 0.213. The lowest BCUT2D eigenvalue weighted by molar-refractivity contribution is -0.128. The summed E-state index contributed by atoms with van der Waals surface area (Å²) < 4.78 is 5.75. The molecule has 0 saturated heterocycles. The third-order valence-corrected chi connectivity index (χ3v) is 4.72. The molecule has 160 valence electrons. The van der Waals surface area contributed by atoms with E-state index >= 15 is 0 Å². The van der Waals surface area contributed by atoms with Gasteiger partial charge in [-0.1, -0.05) is 37.3 Å². The van der Waals surface area contributed by atoms with Gasteiger partial charge in [0.15, 0.2) is 6.10 Å². The van der Waals surface area contributed by atoms with E-state index < -0.39 is 12.1 Å². The molecule has 1 heterocycles. The average molecular weight is 418 g/mol. The summed E-state index contributed by atoms with van der Waals surface area (Å²) in [6.45, 7) is 2.15. The number of benzene rings is 2. The highest BCUT2D eigenvalue weighted by molar-refractivity contribution is 6.04. The van der Waals surface area contributed by atoms with Crippen molar-refractivity contribution in [1.82, 2.24) is 10.3 Å². The molecule has 2 unspecified atom stereocenters. The van der Waals surface area contributed by atoms with Gasteiger partial charge in [-0.3, -0.25) is 14.6 Å². The normalized spacial score (nSPS) is 12.5. The first-order valence-corrected chi connectivity index (χ1v) is 10.1. The smallest absolute Gasteiger partial charge is 0.261 e. The molecule has 0 aliphatic carbocycles. The molecule has 7 nitrogen and oxygen atoms in total. The van der Waals surface area contributed by atoms with Crippen LogP contribution in [0.15, 0.2) is 79.1 Å². The van der Waals surface area contributed by atoms with Gasteiger partial charge >= 0.3 is 0 Å². The maximum absolute atomic E-state index is 12.5. The zero-order valence-corrected chi connectivity index (χ0v) is 17.3.